The number of thiophene rings is 1. The van der Waals surface area contributed by atoms with Crippen LogP contribution in [0.25, 0.3) is 0 Å². The highest BCUT2D eigenvalue weighted by Crippen LogP contribution is 2.51. The Hall–Kier alpha value is -0.920. The van der Waals surface area contributed by atoms with Crippen molar-refractivity contribution >= 4 is 27.3 Å². The van der Waals surface area contributed by atoms with Crippen LogP contribution in [0, 0.1) is 12.8 Å². The summed E-state index contributed by atoms with van der Waals surface area (Å²) in [7, 11) is -3.58. The highest BCUT2D eigenvalue weighted by Gasteiger charge is 2.49. The van der Waals surface area contributed by atoms with Gasteiger partial charge in [0, 0.05) is 27.6 Å². The molecule has 1 N–H and O–H groups in total. The van der Waals surface area contributed by atoms with Gasteiger partial charge in [0.05, 0.1) is 12.4 Å². The summed E-state index contributed by atoms with van der Waals surface area (Å²) < 4.78 is 25.5. The maximum atomic E-state index is 12.8. The molecule has 128 valence electrons. The number of rotatable bonds is 4. The molecule has 2 atom stereocenters. The first kappa shape index (κ1) is 16.9. The van der Waals surface area contributed by atoms with E-state index in [1.165, 1.54) is 9.75 Å². The van der Waals surface area contributed by atoms with Crippen molar-refractivity contribution in [2.75, 3.05) is 6.26 Å². The Morgan fingerprint density at radius 1 is 1.26 bits per heavy atom. The number of hydrogen-bond acceptors (Lipinski definition) is 5. The molecule has 2 saturated carbocycles. The number of aryl methyl sites for hydroxylation is 1. The Balaban J connectivity index is 1.75. The van der Waals surface area contributed by atoms with Crippen LogP contribution in [-0.4, -0.2) is 42.1 Å². The van der Waals surface area contributed by atoms with E-state index in [2.05, 4.69) is 0 Å². The molecule has 0 saturated heterocycles. The Bertz CT molecular complexity index is 689. The summed E-state index contributed by atoms with van der Waals surface area (Å²) in [6.07, 6.45) is 3.70. The fourth-order valence-corrected chi connectivity index (χ4v) is 5.78. The van der Waals surface area contributed by atoms with Gasteiger partial charge < -0.3 is 5.11 Å². The SMILES string of the molecule is Cc1ccc([C@H]2C[C@@H]2C(=O)N(C2CCC(O)CC2)S(C)(=O)=O)s1. The summed E-state index contributed by atoms with van der Waals surface area (Å²) >= 11 is 1.68. The van der Waals surface area contributed by atoms with Crippen molar-refractivity contribution in [3.05, 3.63) is 21.9 Å². The fraction of sp³-hybridized carbons (Fsp3) is 0.688. The zero-order valence-corrected chi connectivity index (χ0v) is 15.1. The van der Waals surface area contributed by atoms with Crippen LogP contribution >= 0.6 is 11.3 Å². The average Bonchev–Trinajstić information content (AvgIpc) is 3.15. The molecule has 2 fully saturated rings. The largest absolute Gasteiger partial charge is 0.393 e. The van der Waals surface area contributed by atoms with Crippen molar-refractivity contribution in [2.24, 2.45) is 5.92 Å². The molecule has 0 aromatic carbocycles. The molecule has 0 radical (unpaired) electrons. The van der Waals surface area contributed by atoms with Gasteiger partial charge >= 0.3 is 0 Å². The van der Waals surface area contributed by atoms with Crippen LogP contribution in [0.15, 0.2) is 12.1 Å². The van der Waals surface area contributed by atoms with Gasteiger partial charge in [0.2, 0.25) is 15.9 Å². The third-order valence-corrected chi connectivity index (χ3v) is 7.13. The maximum absolute atomic E-state index is 12.8. The van der Waals surface area contributed by atoms with E-state index >= 15 is 0 Å². The zero-order valence-electron chi connectivity index (χ0n) is 13.4. The maximum Gasteiger partial charge on any atom is 0.240 e. The lowest BCUT2D eigenvalue weighted by Gasteiger charge is -2.34. The second kappa shape index (κ2) is 6.18. The van der Waals surface area contributed by atoms with Crippen LogP contribution in [0.5, 0.6) is 0 Å². The number of hydrogen-bond donors (Lipinski definition) is 1. The molecular formula is C16H23NO4S2. The van der Waals surface area contributed by atoms with E-state index < -0.39 is 10.0 Å². The van der Waals surface area contributed by atoms with E-state index in [9.17, 15) is 18.3 Å². The Morgan fingerprint density at radius 3 is 2.43 bits per heavy atom. The van der Waals surface area contributed by atoms with Crippen molar-refractivity contribution < 1.29 is 18.3 Å². The van der Waals surface area contributed by atoms with Crippen LogP contribution in [0.4, 0.5) is 0 Å². The van der Waals surface area contributed by atoms with Gasteiger partial charge in [0.1, 0.15) is 0 Å². The molecule has 7 heteroatoms. The molecule has 1 aromatic heterocycles. The Morgan fingerprint density at radius 2 is 1.91 bits per heavy atom. The van der Waals surface area contributed by atoms with Crippen molar-refractivity contribution in [3.8, 4) is 0 Å². The highest BCUT2D eigenvalue weighted by molar-refractivity contribution is 7.88. The molecule has 3 rings (SSSR count). The lowest BCUT2D eigenvalue weighted by atomic mass is 9.93. The van der Waals surface area contributed by atoms with E-state index in [0.717, 1.165) is 17.0 Å². The van der Waals surface area contributed by atoms with Crippen LogP contribution in [0.2, 0.25) is 0 Å². The average molecular weight is 357 g/mol. The second-order valence-electron chi connectivity index (χ2n) is 6.76. The third kappa shape index (κ3) is 3.61. The Labute approximate surface area is 141 Å². The van der Waals surface area contributed by atoms with E-state index in [0.29, 0.717) is 25.7 Å². The molecule has 1 amide bonds. The fourth-order valence-electron chi connectivity index (χ4n) is 3.51. The predicted molar refractivity (Wildman–Crippen MR) is 89.9 cm³/mol. The lowest BCUT2D eigenvalue weighted by Crippen LogP contribution is -2.47. The molecule has 2 aliphatic rings. The highest BCUT2D eigenvalue weighted by atomic mass is 32.2. The number of aliphatic hydroxyl groups is 1. The Kier molecular flexibility index (Phi) is 4.55. The summed E-state index contributed by atoms with van der Waals surface area (Å²) in [5.74, 6) is -0.306. The number of nitrogens with zero attached hydrogens (tertiary/aromatic N) is 1. The van der Waals surface area contributed by atoms with Gasteiger partial charge in [-0.3, -0.25) is 4.79 Å². The molecule has 2 aliphatic carbocycles. The number of carbonyl (C=O) groups is 1. The van der Waals surface area contributed by atoms with Gasteiger partial charge in [-0.05, 0) is 51.2 Å². The minimum atomic E-state index is -3.58. The van der Waals surface area contributed by atoms with E-state index in [-0.39, 0.29) is 29.9 Å². The number of sulfonamides is 1. The first-order valence-electron chi connectivity index (χ1n) is 8.05. The predicted octanol–water partition coefficient (Wildman–Crippen LogP) is 2.25. The lowest BCUT2D eigenvalue weighted by molar-refractivity contribution is -0.130. The zero-order chi connectivity index (χ0) is 16.8. The van der Waals surface area contributed by atoms with Gasteiger partial charge in [0.25, 0.3) is 0 Å². The van der Waals surface area contributed by atoms with Crippen LogP contribution in [0.1, 0.15) is 47.8 Å². The van der Waals surface area contributed by atoms with Crippen molar-refractivity contribution in [1.29, 1.82) is 0 Å². The van der Waals surface area contributed by atoms with E-state index in [1.54, 1.807) is 11.3 Å². The molecule has 1 heterocycles. The summed E-state index contributed by atoms with van der Waals surface area (Å²) in [4.78, 5) is 15.2. The topological polar surface area (TPSA) is 74.7 Å². The molecule has 0 aliphatic heterocycles. The summed E-state index contributed by atoms with van der Waals surface area (Å²) in [5.41, 5.74) is 0. The summed E-state index contributed by atoms with van der Waals surface area (Å²) in [5, 5.41) is 9.61. The number of amides is 1. The minimum absolute atomic E-state index is 0.166. The van der Waals surface area contributed by atoms with Crippen LogP contribution in [-0.2, 0) is 14.8 Å². The second-order valence-corrected chi connectivity index (χ2v) is 9.94. The van der Waals surface area contributed by atoms with Crippen molar-refractivity contribution in [1.82, 2.24) is 4.31 Å². The van der Waals surface area contributed by atoms with Gasteiger partial charge in [-0.1, -0.05) is 0 Å². The third-order valence-electron chi connectivity index (χ3n) is 4.81. The summed E-state index contributed by atoms with van der Waals surface area (Å²) in [6, 6.07) is 3.78. The van der Waals surface area contributed by atoms with Gasteiger partial charge in [0.15, 0.2) is 0 Å². The molecule has 0 spiro atoms. The smallest absolute Gasteiger partial charge is 0.240 e. The first-order chi connectivity index (χ1) is 10.8. The van der Waals surface area contributed by atoms with Crippen LogP contribution < -0.4 is 0 Å². The molecule has 5 nitrogen and oxygen atoms in total. The molecular weight excluding hydrogens is 334 g/mol. The van der Waals surface area contributed by atoms with Crippen molar-refractivity contribution in [3.63, 3.8) is 0 Å². The molecule has 0 unspecified atom stereocenters. The normalized spacial score (nSPS) is 30.9. The van der Waals surface area contributed by atoms with Crippen LogP contribution in [0.3, 0.4) is 0 Å². The minimum Gasteiger partial charge on any atom is -0.393 e. The summed E-state index contributed by atoms with van der Waals surface area (Å²) in [6.45, 7) is 2.03. The molecule has 0 bridgehead atoms. The van der Waals surface area contributed by atoms with Crippen molar-refractivity contribution in [2.45, 2.75) is 57.1 Å². The monoisotopic (exact) mass is 357 g/mol. The van der Waals surface area contributed by atoms with E-state index in [4.69, 9.17) is 0 Å². The standard InChI is InChI=1S/C16H23NO4S2/c1-10-3-8-15(22-10)13-9-14(13)16(19)17(23(2,20)21)11-4-6-12(18)7-5-11/h3,8,11-14,18H,4-7,9H2,1-2H3/t11?,12?,13-,14-/m0/s1. The van der Waals surface area contributed by atoms with Gasteiger partial charge in [-0.2, -0.15) is 0 Å². The van der Waals surface area contributed by atoms with E-state index in [1.807, 2.05) is 19.1 Å². The number of aliphatic hydroxyl groups excluding tert-OH is 1. The molecule has 1 aromatic rings. The van der Waals surface area contributed by atoms with Gasteiger partial charge in [-0.25, -0.2) is 12.7 Å². The first-order valence-corrected chi connectivity index (χ1v) is 10.7. The number of carbonyl (C=O) groups excluding carboxylic acids is 1. The quantitative estimate of drug-likeness (QED) is 0.897. The molecule has 23 heavy (non-hydrogen) atoms. The van der Waals surface area contributed by atoms with Gasteiger partial charge in [-0.15, -0.1) is 11.3 Å².